The molecule has 3 rings (SSSR count). The first-order valence-corrected chi connectivity index (χ1v) is 6.51. The molecule has 0 amide bonds. The van der Waals surface area contributed by atoms with Gasteiger partial charge in [0.15, 0.2) is 0 Å². The maximum atomic E-state index is 11.6. The van der Waals surface area contributed by atoms with Crippen molar-refractivity contribution in [1.82, 2.24) is 0 Å². The van der Waals surface area contributed by atoms with E-state index in [1.165, 1.54) is 0 Å². The highest BCUT2D eigenvalue weighted by atomic mass is 16.5. The Morgan fingerprint density at radius 1 is 1.15 bits per heavy atom. The monoisotopic (exact) mass is 272 g/mol. The number of carboxylic acids is 1. The van der Waals surface area contributed by atoms with Crippen LogP contribution >= 0.6 is 0 Å². The first-order chi connectivity index (χ1) is 9.64. The fourth-order valence-corrected chi connectivity index (χ4v) is 2.78. The highest BCUT2D eigenvalue weighted by Crippen LogP contribution is 2.54. The number of methoxy groups -OCH3 is 2. The third kappa shape index (κ3) is 1.64. The molecule has 1 aliphatic carbocycles. The van der Waals surface area contributed by atoms with E-state index in [2.05, 4.69) is 0 Å². The quantitative estimate of drug-likeness (QED) is 0.929. The van der Waals surface area contributed by atoms with Crippen LogP contribution in [0.2, 0.25) is 0 Å². The van der Waals surface area contributed by atoms with Gasteiger partial charge in [-0.15, -0.1) is 0 Å². The molecular formula is C16H16O4. The van der Waals surface area contributed by atoms with Crippen LogP contribution in [0.4, 0.5) is 0 Å². The number of hydrogen-bond acceptors (Lipinski definition) is 3. The van der Waals surface area contributed by atoms with Gasteiger partial charge in [0, 0.05) is 16.3 Å². The molecular weight excluding hydrogens is 256 g/mol. The van der Waals surface area contributed by atoms with Crippen molar-refractivity contribution in [2.24, 2.45) is 0 Å². The molecule has 0 radical (unpaired) electrons. The van der Waals surface area contributed by atoms with Gasteiger partial charge in [0.1, 0.15) is 11.5 Å². The van der Waals surface area contributed by atoms with E-state index in [0.29, 0.717) is 29.9 Å². The Balaban J connectivity index is 2.35. The summed E-state index contributed by atoms with van der Waals surface area (Å²) in [6.45, 7) is 0. The third-order valence-corrected chi connectivity index (χ3v) is 4.06. The molecule has 1 aliphatic rings. The van der Waals surface area contributed by atoms with Crippen LogP contribution in [0, 0.1) is 0 Å². The van der Waals surface area contributed by atoms with E-state index in [1.54, 1.807) is 14.2 Å². The van der Waals surface area contributed by atoms with Crippen molar-refractivity contribution in [2.45, 2.75) is 18.3 Å². The van der Waals surface area contributed by atoms with E-state index in [1.807, 2.05) is 30.3 Å². The van der Waals surface area contributed by atoms with Crippen molar-refractivity contribution in [2.75, 3.05) is 14.2 Å². The van der Waals surface area contributed by atoms with Crippen LogP contribution < -0.4 is 9.47 Å². The Labute approximate surface area is 116 Å². The first-order valence-electron chi connectivity index (χ1n) is 6.51. The van der Waals surface area contributed by atoms with Gasteiger partial charge in [-0.3, -0.25) is 4.79 Å². The Morgan fingerprint density at radius 2 is 1.80 bits per heavy atom. The molecule has 0 heterocycles. The minimum Gasteiger partial charge on any atom is -0.496 e. The summed E-state index contributed by atoms with van der Waals surface area (Å²) in [5.41, 5.74) is -0.106. The summed E-state index contributed by atoms with van der Waals surface area (Å²) in [5.74, 6) is 0.526. The summed E-state index contributed by atoms with van der Waals surface area (Å²) < 4.78 is 10.9. The predicted molar refractivity (Wildman–Crippen MR) is 75.6 cm³/mol. The summed E-state index contributed by atoms with van der Waals surface area (Å²) in [4.78, 5) is 11.6. The number of fused-ring (bicyclic) bond motifs is 1. The Morgan fingerprint density at radius 3 is 2.30 bits per heavy atom. The number of ether oxygens (including phenoxy) is 2. The number of benzene rings is 2. The fourth-order valence-electron chi connectivity index (χ4n) is 2.78. The normalized spacial score (nSPS) is 15.9. The van der Waals surface area contributed by atoms with Gasteiger partial charge in [-0.05, 0) is 18.9 Å². The topological polar surface area (TPSA) is 55.8 Å². The van der Waals surface area contributed by atoms with Gasteiger partial charge in [0.2, 0.25) is 0 Å². The third-order valence-electron chi connectivity index (χ3n) is 4.06. The van der Waals surface area contributed by atoms with Gasteiger partial charge in [-0.1, -0.05) is 24.3 Å². The van der Waals surface area contributed by atoms with Crippen molar-refractivity contribution >= 4 is 16.7 Å². The van der Waals surface area contributed by atoms with Gasteiger partial charge < -0.3 is 14.6 Å². The van der Waals surface area contributed by atoms with Gasteiger partial charge in [-0.25, -0.2) is 0 Å². The minimum absolute atomic E-state index is 0.639. The molecule has 0 aliphatic heterocycles. The molecule has 0 bridgehead atoms. The molecule has 1 fully saturated rings. The first kappa shape index (κ1) is 12.8. The van der Waals surface area contributed by atoms with E-state index in [-0.39, 0.29) is 0 Å². The van der Waals surface area contributed by atoms with E-state index in [0.717, 1.165) is 10.8 Å². The number of aliphatic carboxylic acids is 1. The highest BCUT2D eigenvalue weighted by Gasteiger charge is 2.53. The average molecular weight is 272 g/mol. The fraction of sp³-hybridized carbons (Fsp3) is 0.312. The summed E-state index contributed by atoms with van der Waals surface area (Å²) in [6.07, 6.45) is 1.28. The zero-order valence-electron chi connectivity index (χ0n) is 11.5. The second-order valence-electron chi connectivity index (χ2n) is 5.09. The molecule has 0 aromatic heterocycles. The molecule has 0 atom stereocenters. The lowest BCUT2D eigenvalue weighted by Crippen LogP contribution is -2.20. The number of carbonyl (C=O) groups is 1. The van der Waals surface area contributed by atoms with Gasteiger partial charge >= 0.3 is 5.97 Å². The molecule has 0 saturated heterocycles. The zero-order chi connectivity index (χ0) is 14.3. The van der Waals surface area contributed by atoms with Gasteiger partial charge in [-0.2, -0.15) is 0 Å². The summed E-state index contributed by atoms with van der Waals surface area (Å²) in [6, 6.07) is 9.52. The standard InChI is InChI=1S/C16H16O4/c1-19-13-9-12(16(7-8-16)15(17)18)14(20-2)11-6-4-3-5-10(11)13/h3-6,9H,7-8H2,1-2H3,(H,17,18). The van der Waals surface area contributed by atoms with Crippen molar-refractivity contribution in [3.05, 3.63) is 35.9 Å². The second-order valence-corrected chi connectivity index (χ2v) is 5.09. The van der Waals surface area contributed by atoms with Crippen LogP contribution in [-0.4, -0.2) is 25.3 Å². The van der Waals surface area contributed by atoms with Crippen LogP contribution in [0.25, 0.3) is 10.8 Å². The van der Waals surface area contributed by atoms with Crippen LogP contribution in [0.15, 0.2) is 30.3 Å². The van der Waals surface area contributed by atoms with Crippen LogP contribution in [0.1, 0.15) is 18.4 Å². The van der Waals surface area contributed by atoms with E-state index < -0.39 is 11.4 Å². The maximum absolute atomic E-state index is 11.6. The van der Waals surface area contributed by atoms with E-state index in [4.69, 9.17) is 9.47 Å². The van der Waals surface area contributed by atoms with Crippen molar-refractivity contribution < 1.29 is 19.4 Å². The lowest BCUT2D eigenvalue weighted by Gasteiger charge is -2.19. The van der Waals surface area contributed by atoms with Crippen LogP contribution in [0.5, 0.6) is 11.5 Å². The predicted octanol–water partition coefficient (Wildman–Crippen LogP) is 2.97. The number of hydrogen-bond donors (Lipinski definition) is 1. The SMILES string of the molecule is COc1cc(C2(C(=O)O)CC2)c(OC)c2ccccc12. The van der Waals surface area contributed by atoms with E-state index >= 15 is 0 Å². The summed E-state index contributed by atoms with van der Waals surface area (Å²) in [7, 11) is 3.17. The lowest BCUT2D eigenvalue weighted by atomic mass is 9.91. The van der Waals surface area contributed by atoms with Crippen LogP contribution in [0.3, 0.4) is 0 Å². The average Bonchev–Trinajstić information content (AvgIpc) is 3.27. The Hall–Kier alpha value is -2.23. The molecule has 4 nitrogen and oxygen atoms in total. The van der Waals surface area contributed by atoms with Crippen LogP contribution in [-0.2, 0) is 10.2 Å². The molecule has 1 saturated carbocycles. The molecule has 20 heavy (non-hydrogen) atoms. The number of carboxylic acid groups (broad SMARTS) is 1. The minimum atomic E-state index is -0.817. The van der Waals surface area contributed by atoms with Crippen molar-refractivity contribution in [3.63, 3.8) is 0 Å². The molecule has 0 spiro atoms. The van der Waals surface area contributed by atoms with Crippen molar-refractivity contribution in [1.29, 1.82) is 0 Å². The Bertz CT molecular complexity index is 686. The summed E-state index contributed by atoms with van der Waals surface area (Å²) >= 11 is 0. The molecule has 104 valence electrons. The lowest BCUT2D eigenvalue weighted by molar-refractivity contribution is -0.140. The van der Waals surface area contributed by atoms with Gasteiger partial charge in [0.05, 0.1) is 19.6 Å². The molecule has 2 aromatic carbocycles. The smallest absolute Gasteiger partial charge is 0.314 e. The van der Waals surface area contributed by atoms with Gasteiger partial charge in [0.25, 0.3) is 0 Å². The van der Waals surface area contributed by atoms with Crippen molar-refractivity contribution in [3.8, 4) is 11.5 Å². The maximum Gasteiger partial charge on any atom is 0.314 e. The zero-order valence-corrected chi connectivity index (χ0v) is 11.5. The Kier molecular flexibility index (Phi) is 2.82. The molecule has 1 N–H and O–H groups in total. The van der Waals surface area contributed by atoms with E-state index in [9.17, 15) is 9.90 Å². The highest BCUT2D eigenvalue weighted by molar-refractivity contribution is 5.98. The second kappa shape index (κ2) is 4.40. The number of rotatable bonds is 4. The largest absolute Gasteiger partial charge is 0.496 e. The molecule has 0 unspecified atom stereocenters. The molecule has 2 aromatic rings. The molecule has 4 heteroatoms. The summed E-state index contributed by atoms with van der Waals surface area (Å²) in [5, 5.41) is 11.3.